The number of benzene rings is 1. The first-order valence-corrected chi connectivity index (χ1v) is 9.19. The second-order valence-corrected chi connectivity index (χ2v) is 7.48. The smallest absolute Gasteiger partial charge is 0.232 e. The minimum Gasteiger partial charge on any atom is -0.355 e. The van der Waals surface area contributed by atoms with Crippen molar-refractivity contribution >= 4 is 21.6 Å². The van der Waals surface area contributed by atoms with Gasteiger partial charge in [-0.1, -0.05) is 0 Å². The van der Waals surface area contributed by atoms with Gasteiger partial charge in [-0.15, -0.1) is 0 Å². The standard InChI is InChI=1S/C15H24FN3O3S/c1-18(2)12-10-17-15(20)5-4-11-19(23(3,21)22)14-8-6-13(16)7-9-14/h6-9H,4-5,10-12H2,1-3H3,(H,17,20). The van der Waals surface area contributed by atoms with Gasteiger partial charge in [0.1, 0.15) is 5.82 Å². The monoisotopic (exact) mass is 345 g/mol. The molecule has 0 heterocycles. The number of halogens is 1. The molecule has 0 bridgehead atoms. The third kappa shape index (κ3) is 7.43. The molecular weight excluding hydrogens is 321 g/mol. The molecule has 130 valence electrons. The summed E-state index contributed by atoms with van der Waals surface area (Å²) in [6, 6.07) is 5.24. The molecule has 23 heavy (non-hydrogen) atoms. The Balaban J connectivity index is 2.53. The second kappa shape index (κ2) is 8.83. The molecule has 1 amide bonds. The Bertz CT molecular complexity index is 603. The van der Waals surface area contributed by atoms with Gasteiger partial charge in [-0.05, 0) is 44.8 Å². The predicted octanol–water partition coefficient (Wildman–Crippen LogP) is 1.05. The van der Waals surface area contributed by atoms with Crippen molar-refractivity contribution in [3.05, 3.63) is 30.1 Å². The fourth-order valence-corrected chi connectivity index (χ4v) is 2.95. The fourth-order valence-electron chi connectivity index (χ4n) is 1.98. The lowest BCUT2D eigenvalue weighted by atomic mass is 10.2. The van der Waals surface area contributed by atoms with Crippen LogP contribution in [0.4, 0.5) is 10.1 Å². The van der Waals surface area contributed by atoms with Gasteiger partial charge in [-0.2, -0.15) is 0 Å². The van der Waals surface area contributed by atoms with Gasteiger partial charge in [0.05, 0.1) is 11.9 Å². The summed E-state index contributed by atoms with van der Waals surface area (Å²) in [5.41, 5.74) is 0.391. The molecule has 0 aliphatic carbocycles. The number of nitrogens with zero attached hydrogens (tertiary/aromatic N) is 2. The van der Waals surface area contributed by atoms with Crippen molar-refractivity contribution < 1.29 is 17.6 Å². The summed E-state index contributed by atoms with van der Waals surface area (Å²) < 4.78 is 37.9. The zero-order valence-corrected chi connectivity index (χ0v) is 14.6. The molecule has 0 spiro atoms. The van der Waals surface area contributed by atoms with E-state index < -0.39 is 15.8 Å². The normalized spacial score (nSPS) is 11.5. The van der Waals surface area contributed by atoms with E-state index in [1.807, 2.05) is 19.0 Å². The number of rotatable bonds is 9. The minimum atomic E-state index is -3.48. The van der Waals surface area contributed by atoms with E-state index in [9.17, 15) is 17.6 Å². The van der Waals surface area contributed by atoms with E-state index in [4.69, 9.17) is 0 Å². The summed E-state index contributed by atoms with van der Waals surface area (Å²) in [5, 5.41) is 2.78. The van der Waals surface area contributed by atoms with E-state index in [0.717, 1.165) is 12.8 Å². The van der Waals surface area contributed by atoms with Crippen molar-refractivity contribution in [1.82, 2.24) is 10.2 Å². The molecule has 1 N–H and O–H groups in total. The zero-order valence-electron chi connectivity index (χ0n) is 13.8. The van der Waals surface area contributed by atoms with Crippen LogP contribution in [0.1, 0.15) is 12.8 Å². The number of nitrogens with one attached hydrogen (secondary N) is 1. The van der Waals surface area contributed by atoms with Crippen LogP contribution in [0.2, 0.25) is 0 Å². The van der Waals surface area contributed by atoms with E-state index in [2.05, 4.69) is 5.32 Å². The van der Waals surface area contributed by atoms with Gasteiger partial charge in [0.15, 0.2) is 0 Å². The van der Waals surface area contributed by atoms with Crippen molar-refractivity contribution in [3.63, 3.8) is 0 Å². The summed E-state index contributed by atoms with van der Waals surface area (Å²) in [7, 11) is 0.347. The number of amides is 1. The lowest BCUT2D eigenvalue weighted by Crippen LogP contribution is -2.33. The Kier molecular flexibility index (Phi) is 7.44. The topological polar surface area (TPSA) is 69.7 Å². The number of sulfonamides is 1. The molecule has 0 aliphatic heterocycles. The molecule has 1 aromatic rings. The van der Waals surface area contributed by atoms with E-state index in [-0.39, 0.29) is 18.9 Å². The predicted molar refractivity (Wildman–Crippen MR) is 89.4 cm³/mol. The lowest BCUT2D eigenvalue weighted by Gasteiger charge is -2.22. The van der Waals surface area contributed by atoms with Crippen LogP contribution in [0.3, 0.4) is 0 Å². The molecule has 8 heteroatoms. The number of carbonyl (C=O) groups is 1. The van der Waals surface area contributed by atoms with Crippen LogP contribution in [0, 0.1) is 5.82 Å². The molecule has 0 aliphatic rings. The van der Waals surface area contributed by atoms with Crippen molar-refractivity contribution in [2.45, 2.75) is 12.8 Å². The van der Waals surface area contributed by atoms with E-state index in [1.165, 1.54) is 28.6 Å². The van der Waals surface area contributed by atoms with Gasteiger partial charge in [0.25, 0.3) is 0 Å². The summed E-state index contributed by atoms with van der Waals surface area (Å²) in [6.07, 6.45) is 1.71. The Morgan fingerprint density at radius 1 is 1.17 bits per heavy atom. The molecule has 1 aromatic carbocycles. The van der Waals surface area contributed by atoms with Crippen LogP contribution in [0.25, 0.3) is 0 Å². The molecule has 0 saturated carbocycles. The molecule has 6 nitrogen and oxygen atoms in total. The lowest BCUT2D eigenvalue weighted by molar-refractivity contribution is -0.121. The molecule has 0 radical (unpaired) electrons. The number of anilines is 1. The average Bonchev–Trinajstić information content (AvgIpc) is 2.43. The van der Waals surface area contributed by atoms with E-state index >= 15 is 0 Å². The Morgan fingerprint density at radius 3 is 2.30 bits per heavy atom. The summed E-state index contributed by atoms with van der Waals surface area (Å²) in [6.45, 7) is 1.47. The summed E-state index contributed by atoms with van der Waals surface area (Å²) in [4.78, 5) is 13.6. The van der Waals surface area contributed by atoms with Gasteiger partial charge in [-0.25, -0.2) is 12.8 Å². The van der Waals surface area contributed by atoms with Gasteiger partial charge in [-0.3, -0.25) is 9.10 Å². The maximum atomic E-state index is 13.0. The number of hydrogen-bond donors (Lipinski definition) is 1. The maximum absolute atomic E-state index is 13.0. The zero-order chi connectivity index (χ0) is 17.5. The van der Waals surface area contributed by atoms with Crippen LogP contribution in [0.5, 0.6) is 0 Å². The largest absolute Gasteiger partial charge is 0.355 e. The van der Waals surface area contributed by atoms with Gasteiger partial charge in [0.2, 0.25) is 15.9 Å². The number of hydrogen-bond acceptors (Lipinski definition) is 4. The van der Waals surface area contributed by atoms with Crippen LogP contribution in [-0.4, -0.2) is 59.2 Å². The van der Waals surface area contributed by atoms with Crippen LogP contribution >= 0.6 is 0 Å². The van der Waals surface area contributed by atoms with E-state index in [0.29, 0.717) is 18.7 Å². The third-order valence-corrected chi connectivity index (χ3v) is 4.36. The summed E-state index contributed by atoms with van der Waals surface area (Å²) >= 11 is 0. The van der Waals surface area contributed by atoms with Crippen LogP contribution < -0.4 is 9.62 Å². The number of likely N-dealkylation sites (N-methyl/N-ethyl adjacent to an activating group) is 1. The molecule has 0 unspecified atom stereocenters. The highest BCUT2D eigenvalue weighted by molar-refractivity contribution is 7.92. The molecule has 1 rings (SSSR count). The SMILES string of the molecule is CN(C)CCNC(=O)CCCN(c1ccc(F)cc1)S(C)(=O)=O. The van der Waals surface area contributed by atoms with Crippen LogP contribution in [0.15, 0.2) is 24.3 Å². The third-order valence-electron chi connectivity index (χ3n) is 3.16. The van der Waals surface area contributed by atoms with Crippen molar-refractivity contribution in [1.29, 1.82) is 0 Å². The summed E-state index contributed by atoms with van der Waals surface area (Å²) in [5.74, 6) is -0.540. The fraction of sp³-hybridized carbons (Fsp3) is 0.533. The van der Waals surface area contributed by atoms with Crippen molar-refractivity contribution in [2.24, 2.45) is 0 Å². The highest BCUT2D eigenvalue weighted by atomic mass is 32.2. The first-order chi connectivity index (χ1) is 10.7. The van der Waals surface area contributed by atoms with Crippen LogP contribution in [-0.2, 0) is 14.8 Å². The Labute approximate surface area is 137 Å². The maximum Gasteiger partial charge on any atom is 0.232 e. The Morgan fingerprint density at radius 2 is 1.78 bits per heavy atom. The molecule has 0 saturated heterocycles. The molecular formula is C15H24FN3O3S. The highest BCUT2D eigenvalue weighted by Gasteiger charge is 2.17. The number of carbonyl (C=O) groups excluding carboxylic acids is 1. The first-order valence-electron chi connectivity index (χ1n) is 7.35. The van der Waals surface area contributed by atoms with Gasteiger partial charge in [0, 0.05) is 26.1 Å². The first kappa shape index (κ1) is 19.4. The van der Waals surface area contributed by atoms with Crippen molar-refractivity contribution in [2.75, 3.05) is 44.3 Å². The second-order valence-electron chi connectivity index (χ2n) is 5.57. The van der Waals surface area contributed by atoms with E-state index in [1.54, 1.807) is 0 Å². The average molecular weight is 345 g/mol. The quantitative estimate of drug-likeness (QED) is 0.726. The minimum absolute atomic E-state index is 0.112. The molecule has 0 fully saturated rings. The molecule has 0 aromatic heterocycles. The molecule has 0 atom stereocenters. The van der Waals surface area contributed by atoms with Gasteiger partial charge >= 0.3 is 0 Å². The highest BCUT2D eigenvalue weighted by Crippen LogP contribution is 2.18. The van der Waals surface area contributed by atoms with Gasteiger partial charge < -0.3 is 10.2 Å². The Hall–Kier alpha value is -1.67. The van der Waals surface area contributed by atoms with Crippen molar-refractivity contribution in [3.8, 4) is 0 Å².